The van der Waals surface area contributed by atoms with Crippen LogP contribution in [0.5, 0.6) is 0 Å². The maximum absolute atomic E-state index is 5.82. The Morgan fingerprint density at radius 3 is 2.31 bits per heavy atom. The van der Waals surface area contributed by atoms with Crippen LogP contribution in [-0.2, 0) is 0 Å². The van der Waals surface area contributed by atoms with Gasteiger partial charge in [-0.2, -0.15) is 0 Å². The Kier molecular flexibility index (Phi) is 3.54. The van der Waals surface area contributed by atoms with E-state index in [2.05, 4.69) is 9.97 Å². The molecule has 0 bridgehead atoms. The fourth-order valence-electron chi connectivity index (χ4n) is 1.26. The minimum absolute atomic E-state index is 0.237. The summed E-state index contributed by atoms with van der Waals surface area (Å²) in [4.78, 5) is 9.41. The zero-order valence-electron chi connectivity index (χ0n) is 8.74. The van der Waals surface area contributed by atoms with E-state index in [1.54, 1.807) is 11.9 Å². The van der Waals surface area contributed by atoms with Crippen molar-refractivity contribution in [2.45, 2.75) is 4.90 Å². The third kappa shape index (κ3) is 2.58. The SMILES string of the molecule is CN(C)Sc1ccc2nc(Cl)c(Cl)nc2c1. The molecule has 0 aliphatic heterocycles. The molecule has 6 heteroatoms. The summed E-state index contributed by atoms with van der Waals surface area (Å²) in [6, 6.07) is 5.80. The number of aromatic nitrogens is 2. The number of rotatable bonds is 2. The van der Waals surface area contributed by atoms with Crippen LogP contribution >= 0.6 is 35.1 Å². The van der Waals surface area contributed by atoms with E-state index in [1.807, 2.05) is 36.6 Å². The molecule has 2 rings (SSSR count). The predicted molar refractivity (Wildman–Crippen MR) is 69.1 cm³/mol. The van der Waals surface area contributed by atoms with Gasteiger partial charge < -0.3 is 0 Å². The van der Waals surface area contributed by atoms with Crippen molar-refractivity contribution in [3.05, 3.63) is 28.5 Å². The van der Waals surface area contributed by atoms with Crippen molar-refractivity contribution in [2.24, 2.45) is 0 Å². The molecular weight excluding hydrogens is 265 g/mol. The lowest BCUT2D eigenvalue weighted by Crippen LogP contribution is -1.98. The first kappa shape index (κ1) is 11.9. The number of halogens is 2. The molecule has 0 spiro atoms. The van der Waals surface area contributed by atoms with Gasteiger partial charge in [-0.05, 0) is 44.2 Å². The maximum Gasteiger partial charge on any atom is 0.167 e. The van der Waals surface area contributed by atoms with Gasteiger partial charge in [0.1, 0.15) is 0 Å². The van der Waals surface area contributed by atoms with Gasteiger partial charge >= 0.3 is 0 Å². The van der Waals surface area contributed by atoms with Crippen molar-refractivity contribution in [1.29, 1.82) is 0 Å². The van der Waals surface area contributed by atoms with Crippen LogP contribution in [0.25, 0.3) is 11.0 Å². The highest BCUT2D eigenvalue weighted by atomic mass is 35.5. The molecular formula is C10H9Cl2N3S. The van der Waals surface area contributed by atoms with Gasteiger partial charge in [0.2, 0.25) is 0 Å². The number of nitrogens with zero attached hydrogens (tertiary/aromatic N) is 3. The molecule has 0 N–H and O–H groups in total. The summed E-state index contributed by atoms with van der Waals surface area (Å²) in [6.45, 7) is 0. The Morgan fingerprint density at radius 1 is 1.06 bits per heavy atom. The quantitative estimate of drug-likeness (QED) is 0.784. The highest BCUT2D eigenvalue weighted by molar-refractivity contribution is 7.97. The smallest absolute Gasteiger partial charge is 0.167 e. The Morgan fingerprint density at radius 2 is 1.69 bits per heavy atom. The van der Waals surface area contributed by atoms with Crippen molar-refractivity contribution in [2.75, 3.05) is 14.1 Å². The van der Waals surface area contributed by atoms with E-state index in [0.717, 1.165) is 15.9 Å². The van der Waals surface area contributed by atoms with Crippen LogP contribution in [0.15, 0.2) is 23.1 Å². The molecule has 0 fully saturated rings. The van der Waals surface area contributed by atoms with Gasteiger partial charge in [-0.25, -0.2) is 9.97 Å². The molecule has 16 heavy (non-hydrogen) atoms. The van der Waals surface area contributed by atoms with Crippen molar-refractivity contribution in [3.63, 3.8) is 0 Å². The van der Waals surface area contributed by atoms with Crippen LogP contribution in [-0.4, -0.2) is 28.4 Å². The van der Waals surface area contributed by atoms with Crippen molar-refractivity contribution in [1.82, 2.24) is 14.3 Å². The van der Waals surface area contributed by atoms with Crippen molar-refractivity contribution < 1.29 is 0 Å². The lowest BCUT2D eigenvalue weighted by Gasteiger charge is -2.08. The number of benzene rings is 1. The number of hydrogen-bond donors (Lipinski definition) is 0. The van der Waals surface area contributed by atoms with Gasteiger partial charge in [0.25, 0.3) is 0 Å². The number of hydrogen-bond acceptors (Lipinski definition) is 4. The van der Waals surface area contributed by atoms with Gasteiger partial charge in [-0.3, -0.25) is 4.31 Å². The van der Waals surface area contributed by atoms with E-state index in [-0.39, 0.29) is 10.3 Å². The summed E-state index contributed by atoms with van der Waals surface area (Å²) in [5.41, 5.74) is 1.50. The van der Waals surface area contributed by atoms with Gasteiger partial charge in [-0.15, -0.1) is 0 Å². The second-order valence-corrected chi connectivity index (χ2v) is 5.46. The van der Waals surface area contributed by atoms with Gasteiger partial charge in [0.05, 0.1) is 11.0 Å². The standard InChI is InChI=1S/C10H9Cl2N3S/c1-15(2)16-6-3-4-7-8(5-6)14-10(12)9(11)13-7/h3-5H,1-2H3. The monoisotopic (exact) mass is 273 g/mol. The molecule has 0 atom stereocenters. The molecule has 1 heterocycles. The largest absolute Gasteiger partial charge is 0.253 e. The van der Waals surface area contributed by atoms with E-state index < -0.39 is 0 Å². The third-order valence-corrected chi connectivity index (χ3v) is 3.30. The van der Waals surface area contributed by atoms with E-state index >= 15 is 0 Å². The zero-order chi connectivity index (χ0) is 11.7. The predicted octanol–water partition coefficient (Wildman–Crippen LogP) is 3.51. The summed E-state index contributed by atoms with van der Waals surface area (Å²) in [5.74, 6) is 0. The normalized spacial score (nSPS) is 11.3. The first-order valence-corrected chi connectivity index (χ1v) is 6.07. The van der Waals surface area contributed by atoms with Crippen LogP contribution < -0.4 is 0 Å². The summed E-state index contributed by atoms with van der Waals surface area (Å²) >= 11 is 13.2. The molecule has 84 valence electrons. The van der Waals surface area contributed by atoms with Crippen molar-refractivity contribution >= 4 is 46.2 Å². The summed E-state index contributed by atoms with van der Waals surface area (Å²) in [7, 11) is 3.96. The topological polar surface area (TPSA) is 29.0 Å². The lowest BCUT2D eigenvalue weighted by molar-refractivity contribution is 0.703. The molecule has 1 aromatic heterocycles. The highest BCUT2D eigenvalue weighted by Gasteiger charge is 2.05. The minimum atomic E-state index is 0.237. The molecule has 0 unspecified atom stereocenters. The maximum atomic E-state index is 5.82. The zero-order valence-corrected chi connectivity index (χ0v) is 11.1. The van der Waals surface area contributed by atoms with E-state index in [4.69, 9.17) is 23.2 Å². The highest BCUT2D eigenvalue weighted by Crippen LogP contribution is 2.26. The lowest BCUT2D eigenvalue weighted by atomic mass is 10.3. The summed E-state index contributed by atoms with van der Waals surface area (Å²) < 4.78 is 2.01. The molecule has 0 amide bonds. The number of fused-ring (bicyclic) bond motifs is 1. The second kappa shape index (κ2) is 4.75. The van der Waals surface area contributed by atoms with Gasteiger partial charge in [0, 0.05) is 4.90 Å². The van der Waals surface area contributed by atoms with E-state index in [9.17, 15) is 0 Å². The Hall–Kier alpha value is -0.550. The second-order valence-electron chi connectivity index (χ2n) is 3.36. The van der Waals surface area contributed by atoms with E-state index in [0.29, 0.717) is 0 Å². The summed E-state index contributed by atoms with van der Waals surface area (Å²) in [6.07, 6.45) is 0. The molecule has 1 aromatic carbocycles. The molecule has 0 aliphatic carbocycles. The van der Waals surface area contributed by atoms with Crippen LogP contribution in [0.3, 0.4) is 0 Å². The summed E-state index contributed by atoms with van der Waals surface area (Å²) in [5, 5.41) is 0.475. The van der Waals surface area contributed by atoms with Crippen LogP contribution in [0.4, 0.5) is 0 Å². The van der Waals surface area contributed by atoms with Gasteiger partial charge in [0.15, 0.2) is 10.3 Å². The molecule has 2 aromatic rings. The fraction of sp³-hybridized carbons (Fsp3) is 0.200. The Bertz CT molecular complexity index is 531. The fourth-order valence-corrected chi connectivity index (χ4v) is 2.24. The average Bonchev–Trinajstić information content (AvgIpc) is 2.19. The Balaban J connectivity index is 2.49. The minimum Gasteiger partial charge on any atom is -0.253 e. The van der Waals surface area contributed by atoms with Gasteiger partial charge in [-0.1, -0.05) is 23.2 Å². The molecule has 0 saturated heterocycles. The molecule has 0 radical (unpaired) electrons. The van der Waals surface area contributed by atoms with Crippen LogP contribution in [0.1, 0.15) is 0 Å². The van der Waals surface area contributed by atoms with E-state index in [1.165, 1.54) is 0 Å². The third-order valence-electron chi connectivity index (χ3n) is 1.84. The molecule has 0 saturated carbocycles. The molecule has 3 nitrogen and oxygen atoms in total. The first-order chi connectivity index (χ1) is 7.56. The Labute approximate surface area is 108 Å². The van der Waals surface area contributed by atoms with Crippen LogP contribution in [0, 0.1) is 0 Å². The van der Waals surface area contributed by atoms with Crippen molar-refractivity contribution in [3.8, 4) is 0 Å². The average molecular weight is 274 g/mol. The van der Waals surface area contributed by atoms with Crippen LogP contribution in [0.2, 0.25) is 10.3 Å². The molecule has 0 aliphatic rings. The first-order valence-electron chi connectivity index (χ1n) is 4.54.